The average Bonchev–Trinajstić information content (AvgIpc) is 3.01. The minimum Gasteiger partial charge on any atom is -0.508 e. The maximum absolute atomic E-state index is 8.87. The lowest BCUT2D eigenvalue weighted by atomic mass is 10.2. The molecule has 0 spiro atoms. The van der Waals surface area contributed by atoms with Gasteiger partial charge in [0.25, 0.3) is 0 Å². The maximum Gasteiger partial charge on any atom is 0.119 e. The van der Waals surface area contributed by atoms with Crippen LogP contribution < -0.4 is 4.74 Å². The number of fused-ring (bicyclic) bond motifs is 1. The van der Waals surface area contributed by atoms with Gasteiger partial charge >= 0.3 is 0 Å². The fourth-order valence-corrected chi connectivity index (χ4v) is 1.93. The molecule has 0 unspecified atom stereocenters. The smallest absolute Gasteiger partial charge is 0.119 e. The topological polar surface area (TPSA) is 45.2 Å². The predicted octanol–water partition coefficient (Wildman–Crippen LogP) is 6.57. The van der Waals surface area contributed by atoms with Gasteiger partial charge in [-0.1, -0.05) is 45.9 Å². The molecule has 0 radical (unpaired) electrons. The Morgan fingerprint density at radius 1 is 0.958 bits per heavy atom. The van der Waals surface area contributed by atoms with Gasteiger partial charge in [-0.15, -0.1) is 0 Å². The number of rotatable bonds is 2. The lowest BCUT2D eigenvalue weighted by Crippen LogP contribution is -1.89. The Bertz CT molecular complexity index is 630. The van der Waals surface area contributed by atoms with Gasteiger partial charge in [-0.05, 0) is 55.6 Å². The molecule has 0 amide bonds. The molecule has 134 valence electrons. The molecule has 3 nitrogen and oxygen atoms in total. The van der Waals surface area contributed by atoms with E-state index < -0.39 is 0 Å². The molecule has 0 saturated carbocycles. The maximum atomic E-state index is 8.87. The lowest BCUT2D eigenvalue weighted by Gasteiger charge is -2.00. The number of aromatic amines is 1. The minimum absolute atomic E-state index is 0. The number of phenols is 1. The van der Waals surface area contributed by atoms with Crippen LogP contribution in [-0.2, 0) is 0 Å². The number of benzene rings is 2. The minimum atomic E-state index is 0. The number of aryl methyl sites for hydroxylation is 1. The second-order valence-corrected chi connectivity index (χ2v) is 4.47. The van der Waals surface area contributed by atoms with Crippen LogP contribution in [0.25, 0.3) is 10.9 Å². The molecule has 0 atom stereocenters. The van der Waals surface area contributed by atoms with E-state index in [1.807, 2.05) is 40.7 Å². The van der Waals surface area contributed by atoms with Crippen LogP contribution in [0.2, 0.25) is 0 Å². The van der Waals surface area contributed by atoms with E-state index in [9.17, 15) is 0 Å². The van der Waals surface area contributed by atoms with Gasteiger partial charge < -0.3 is 14.8 Å². The third-order valence-electron chi connectivity index (χ3n) is 2.81. The summed E-state index contributed by atoms with van der Waals surface area (Å²) < 4.78 is 5.15. The highest BCUT2D eigenvalue weighted by Crippen LogP contribution is 2.15. The molecule has 3 aromatic rings. The SMILES string of the molecule is CC.CC.CCOc1ccc(O)cc1.Cc1cc2ccccc2[nH]1.[HH]. The number of phenolic OH excluding ortho intramolecular Hbond substituents is 1. The van der Waals surface area contributed by atoms with E-state index in [0.717, 1.165) is 5.75 Å². The quantitative estimate of drug-likeness (QED) is 0.558. The van der Waals surface area contributed by atoms with Crippen molar-refractivity contribution in [3.8, 4) is 11.5 Å². The summed E-state index contributed by atoms with van der Waals surface area (Å²) in [5.41, 5.74) is 2.45. The number of aromatic hydroxyl groups is 1. The Morgan fingerprint density at radius 3 is 2.08 bits per heavy atom. The van der Waals surface area contributed by atoms with Crippen molar-refractivity contribution in [1.29, 1.82) is 0 Å². The van der Waals surface area contributed by atoms with Crippen LogP contribution in [0.5, 0.6) is 11.5 Å². The highest BCUT2D eigenvalue weighted by molar-refractivity contribution is 5.79. The standard InChI is InChI=1S/C9H9N.C8H10O2.2C2H6.H2/c1-7-6-8-4-2-3-5-9(8)10-7;1-2-10-8-5-3-7(9)4-6-8;2*1-2;/h2-6,10H,1H3;3-6,9H,2H2,1H3;2*1-2H3;1H. The number of nitrogens with one attached hydrogen (secondary N) is 1. The van der Waals surface area contributed by atoms with Crippen molar-refractivity contribution in [1.82, 2.24) is 4.98 Å². The van der Waals surface area contributed by atoms with Crippen molar-refractivity contribution < 1.29 is 11.3 Å². The van der Waals surface area contributed by atoms with Crippen molar-refractivity contribution in [2.75, 3.05) is 6.61 Å². The van der Waals surface area contributed by atoms with Crippen LogP contribution >= 0.6 is 0 Å². The van der Waals surface area contributed by atoms with Crippen LogP contribution in [0.3, 0.4) is 0 Å². The van der Waals surface area contributed by atoms with Crippen molar-refractivity contribution in [2.45, 2.75) is 41.5 Å². The first-order valence-electron chi connectivity index (χ1n) is 8.65. The molecule has 0 aliphatic rings. The summed E-state index contributed by atoms with van der Waals surface area (Å²) in [5.74, 6) is 1.06. The van der Waals surface area contributed by atoms with E-state index in [-0.39, 0.29) is 7.18 Å². The second-order valence-electron chi connectivity index (χ2n) is 4.47. The summed E-state index contributed by atoms with van der Waals surface area (Å²) in [7, 11) is 0. The van der Waals surface area contributed by atoms with E-state index in [0.29, 0.717) is 6.61 Å². The zero-order valence-electron chi connectivity index (χ0n) is 15.8. The Balaban J connectivity index is 0. The monoisotopic (exact) mass is 331 g/mol. The molecule has 0 bridgehead atoms. The molecule has 3 heteroatoms. The largest absolute Gasteiger partial charge is 0.508 e. The third-order valence-corrected chi connectivity index (χ3v) is 2.81. The van der Waals surface area contributed by atoms with Crippen molar-refractivity contribution in [3.05, 3.63) is 60.3 Å². The molecular formula is C21H33NO2. The molecular weight excluding hydrogens is 298 g/mol. The van der Waals surface area contributed by atoms with E-state index in [1.165, 1.54) is 16.6 Å². The summed E-state index contributed by atoms with van der Waals surface area (Å²) in [4.78, 5) is 3.26. The molecule has 0 aliphatic carbocycles. The Kier molecular flexibility index (Phi) is 11.7. The molecule has 24 heavy (non-hydrogen) atoms. The molecule has 0 aliphatic heterocycles. The molecule has 1 heterocycles. The number of hydrogen-bond donors (Lipinski definition) is 2. The van der Waals surface area contributed by atoms with Gasteiger partial charge in [0.1, 0.15) is 11.5 Å². The number of hydrogen-bond acceptors (Lipinski definition) is 2. The Morgan fingerprint density at radius 2 is 1.54 bits per heavy atom. The normalized spacial score (nSPS) is 8.75. The van der Waals surface area contributed by atoms with Crippen LogP contribution in [0.15, 0.2) is 54.6 Å². The number of H-pyrrole nitrogens is 1. The molecule has 2 aromatic carbocycles. The summed E-state index contributed by atoms with van der Waals surface area (Å²) in [5, 5.41) is 10.2. The first-order valence-corrected chi connectivity index (χ1v) is 8.65. The van der Waals surface area contributed by atoms with Gasteiger partial charge in [0.15, 0.2) is 0 Å². The Hall–Kier alpha value is -2.42. The van der Waals surface area contributed by atoms with Crippen molar-refractivity contribution >= 4 is 10.9 Å². The average molecular weight is 332 g/mol. The number of para-hydroxylation sites is 1. The number of aromatic nitrogens is 1. The van der Waals surface area contributed by atoms with Gasteiger partial charge in [0.05, 0.1) is 6.61 Å². The van der Waals surface area contributed by atoms with Crippen molar-refractivity contribution in [2.24, 2.45) is 0 Å². The molecule has 1 aromatic heterocycles. The summed E-state index contributed by atoms with van der Waals surface area (Å²) in [6.07, 6.45) is 0. The van der Waals surface area contributed by atoms with Crippen LogP contribution in [-0.4, -0.2) is 16.7 Å². The van der Waals surface area contributed by atoms with Crippen LogP contribution in [0.4, 0.5) is 0 Å². The molecule has 0 fully saturated rings. The van der Waals surface area contributed by atoms with Crippen LogP contribution in [0, 0.1) is 6.92 Å². The first kappa shape index (κ1) is 21.6. The molecule has 0 saturated heterocycles. The van der Waals surface area contributed by atoms with Gasteiger partial charge in [0, 0.05) is 12.6 Å². The fourth-order valence-electron chi connectivity index (χ4n) is 1.93. The second kappa shape index (κ2) is 13.1. The highest BCUT2D eigenvalue weighted by atomic mass is 16.5. The van der Waals surface area contributed by atoms with Crippen molar-refractivity contribution in [3.63, 3.8) is 0 Å². The zero-order chi connectivity index (χ0) is 18.4. The van der Waals surface area contributed by atoms with E-state index >= 15 is 0 Å². The molecule has 2 N–H and O–H groups in total. The Labute approximate surface area is 147 Å². The third kappa shape index (κ3) is 7.73. The van der Waals surface area contributed by atoms with Gasteiger partial charge in [0.2, 0.25) is 0 Å². The number of ether oxygens (including phenoxy) is 1. The van der Waals surface area contributed by atoms with Gasteiger partial charge in [-0.3, -0.25) is 0 Å². The zero-order valence-corrected chi connectivity index (χ0v) is 15.8. The highest BCUT2D eigenvalue weighted by Gasteiger charge is 1.92. The summed E-state index contributed by atoms with van der Waals surface area (Å²) in [6, 6.07) is 17.1. The molecule has 3 rings (SSSR count). The predicted molar refractivity (Wildman–Crippen MR) is 107 cm³/mol. The first-order chi connectivity index (χ1) is 11.7. The van der Waals surface area contributed by atoms with Gasteiger partial charge in [-0.2, -0.15) is 0 Å². The van der Waals surface area contributed by atoms with E-state index in [2.05, 4.69) is 36.2 Å². The summed E-state index contributed by atoms with van der Waals surface area (Å²) >= 11 is 0. The fraction of sp³-hybridized carbons (Fsp3) is 0.333. The van der Waals surface area contributed by atoms with Gasteiger partial charge in [-0.25, -0.2) is 0 Å². The van der Waals surface area contributed by atoms with E-state index in [4.69, 9.17) is 9.84 Å². The lowest BCUT2D eigenvalue weighted by molar-refractivity contribution is 0.339. The summed E-state index contributed by atoms with van der Waals surface area (Å²) in [6.45, 7) is 12.7. The van der Waals surface area contributed by atoms with E-state index in [1.54, 1.807) is 24.3 Å². The van der Waals surface area contributed by atoms with Crippen LogP contribution in [0.1, 0.15) is 41.7 Å².